The molecule has 1 aliphatic heterocycles. The first kappa shape index (κ1) is 21.6. The maximum absolute atomic E-state index is 12.5. The summed E-state index contributed by atoms with van der Waals surface area (Å²) in [5.74, 6) is 1.58. The van der Waals surface area contributed by atoms with Gasteiger partial charge in [-0.2, -0.15) is 19.0 Å². The van der Waals surface area contributed by atoms with E-state index in [1.54, 1.807) is 12.1 Å². The first-order valence-corrected chi connectivity index (χ1v) is 11.3. The molecule has 3 aromatic carbocycles. The van der Waals surface area contributed by atoms with Gasteiger partial charge < -0.3 is 9.47 Å². The molecule has 6 rings (SSSR count). The predicted octanol–water partition coefficient (Wildman–Crippen LogP) is 4.60. The Morgan fingerprint density at radius 1 is 0.914 bits per heavy atom. The van der Waals surface area contributed by atoms with E-state index in [1.165, 1.54) is 6.07 Å². The van der Waals surface area contributed by atoms with Crippen molar-refractivity contribution < 1.29 is 18.3 Å². The maximum Gasteiger partial charge on any atom is 0.387 e. The van der Waals surface area contributed by atoms with Crippen molar-refractivity contribution in [3.05, 3.63) is 60.4 Å². The van der Waals surface area contributed by atoms with Gasteiger partial charge in [-0.1, -0.05) is 18.2 Å². The largest absolute Gasteiger partial charge is 0.435 e. The van der Waals surface area contributed by atoms with Gasteiger partial charge in [-0.3, -0.25) is 15.1 Å². The fourth-order valence-electron chi connectivity index (χ4n) is 4.39. The summed E-state index contributed by atoms with van der Waals surface area (Å²) in [5.41, 5.74) is 3.49. The molecule has 3 heterocycles. The zero-order chi connectivity index (χ0) is 23.8. The summed E-state index contributed by atoms with van der Waals surface area (Å²) < 4.78 is 35.0. The second-order valence-electron chi connectivity index (χ2n) is 8.43. The lowest BCUT2D eigenvalue weighted by atomic mass is 10.0. The van der Waals surface area contributed by atoms with Crippen molar-refractivity contribution in [3.8, 4) is 28.4 Å². The average molecular weight is 476 g/mol. The van der Waals surface area contributed by atoms with Crippen molar-refractivity contribution in [2.45, 2.75) is 13.2 Å². The standard InChI is InChI=1S/C25H22F2N6O2/c26-25(27)35-19-5-3-15-11-17(2-1-16(15)12-19)23-20-13-18(4-6-21(20)29-31-23)24-28-22(30-32-24)14-33-7-9-34-10-8-33/h1-6,11-13,25H,7-10,14H2,(H,29,31)(H,28,30,32). The summed E-state index contributed by atoms with van der Waals surface area (Å²) in [6.45, 7) is 1.09. The molecule has 178 valence electrons. The highest BCUT2D eigenvalue weighted by Gasteiger charge is 2.16. The number of fused-ring (bicyclic) bond motifs is 2. The van der Waals surface area contributed by atoms with Gasteiger partial charge in [-0.15, -0.1) is 0 Å². The minimum absolute atomic E-state index is 0.134. The fourth-order valence-corrected chi connectivity index (χ4v) is 4.39. The number of H-pyrrole nitrogens is 2. The zero-order valence-corrected chi connectivity index (χ0v) is 18.7. The second kappa shape index (κ2) is 9.05. The van der Waals surface area contributed by atoms with Crippen LogP contribution in [-0.4, -0.2) is 63.2 Å². The lowest BCUT2D eigenvalue weighted by Gasteiger charge is -2.25. The van der Waals surface area contributed by atoms with Gasteiger partial charge in [0.15, 0.2) is 5.82 Å². The summed E-state index contributed by atoms with van der Waals surface area (Å²) in [6, 6.07) is 16.6. The van der Waals surface area contributed by atoms with Gasteiger partial charge in [0, 0.05) is 29.6 Å². The summed E-state index contributed by atoms with van der Waals surface area (Å²) in [5, 5.41) is 17.7. The number of ether oxygens (including phenoxy) is 2. The van der Waals surface area contributed by atoms with Crippen LogP contribution in [0.2, 0.25) is 0 Å². The number of hydrogen-bond donors (Lipinski definition) is 2. The molecule has 0 radical (unpaired) electrons. The van der Waals surface area contributed by atoms with Crippen LogP contribution in [0.1, 0.15) is 5.82 Å². The van der Waals surface area contributed by atoms with Crippen molar-refractivity contribution in [1.82, 2.24) is 30.3 Å². The lowest BCUT2D eigenvalue weighted by Crippen LogP contribution is -2.35. The first-order chi connectivity index (χ1) is 17.1. The molecular weight excluding hydrogens is 454 g/mol. The maximum atomic E-state index is 12.5. The smallest absolute Gasteiger partial charge is 0.387 e. The molecule has 0 amide bonds. The summed E-state index contributed by atoms with van der Waals surface area (Å²) >= 11 is 0. The predicted molar refractivity (Wildman–Crippen MR) is 127 cm³/mol. The van der Waals surface area contributed by atoms with E-state index in [4.69, 9.17) is 9.72 Å². The number of nitrogens with zero attached hydrogens (tertiary/aromatic N) is 4. The molecule has 2 N–H and O–H groups in total. The number of halogens is 2. The molecular formula is C25H22F2N6O2. The molecule has 10 heteroatoms. The van der Waals surface area contributed by atoms with E-state index < -0.39 is 6.61 Å². The SMILES string of the molecule is FC(F)Oc1ccc2cc(-c3n[nH]c4ccc(-c5n[nH]c(CN6CCOCC6)n5)cc34)ccc2c1. The minimum atomic E-state index is -2.85. The molecule has 0 aliphatic carbocycles. The summed E-state index contributed by atoms with van der Waals surface area (Å²) in [4.78, 5) is 6.98. The van der Waals surface area contributed by atoms with Crippen LogP contribution >= 0.6 is 0 Å². The van der Waals surface area contributed by atoms with Crippen LogP contribution in [0.3, 0.4) is 0 Å². The van der Waals surface area contributed by atoms with Gasteiger partial charge in [0.1, 0.15) is 11.6 Å². The molecule has 2 aromatic heterocycles. The zero-order valence-electron chi connectivity index (χ0n) is 18.7. The first-order valence-electron chi connectivity index (χ1n) is 11.3. The summed E-state index contributed by atoms with van der Waals surface area (Å²) in [6.07, 6.45) is 0. The number of aromatic amines is 2. The van der Waals surface area contributed by atoms with Crippen molar-refractivity contribution in [2.24, 2.45) is 0 Å². The Balaban J connectivity index is 1.30. The molecule has 1 saturated heterocycles. The number of nitrogens with one attached hydrogen (secondary N) is 2. The van der Waals surface area contributed by atoms with Crippen LogP contribution in [0.25, 0.3) is 44.3 Å². The highest BCUT2D eigenvalue weighted by molar-refractivity contribution is 5.97. The molecule has 35 heavy (non-hydrogen) atoms. The van der Waals surface area contributed by atoms with Crippen molar-refractivity contribution in [1.29, 1.82) is 0 Å². The molecule has 0 saturated carbocycles. The average Bonchev–Trinajstić information content (AvgIpc) is 3.51. The molecule has 0 spiro atoms. The van der Waals surface area contributed by atoms with E-state index in [0.29, 0.717) is 12.4 Å². The monoisotopic (exact) mass is 476 g/mol. The Bertz CT molecular complexity index is 1490. The number of rotatable bonds is 6. The Morgan fingerprint density at radius 2 is 1.71 bits per heavy atom. The van der Waals surface area contributed by atoms with Gasteiger partial charge in [-0.25, -0.2) is 4.98 Å². The Kier molecular flexibility index (Phi) is 5.59. The number of morpholine rings is 1. The van der Waals surface area contributed by atoms with Crippen LogP contribution in [0.5, 0.6) is 5.75 Å². The third-order valence-electron chi connectivity index (χ3n) is 6.14. The highest BCUT2D eigenvalue weighted by atomic mass is 19.3. The number of aromatic nitrogens is 5. The van der Waals surface area contributed by atoms with E-state index in [1.807, 2.05) is 36.4 Å². The van der Waals surface area contributed by atoms with E-state index in [0.717, 1.165) is 70.6 Å². The van der Waals surface area contributed by atoms with Gasteiger partial charge >= 0.3 is 6.61 Å². The fraction of sp³-hybridized carbons (Fsp3) is 0.240. The van der Waals surface area contributed by atoms with E-state index >= 15 is 0 Å². The van der Waals surface area contributed by atoms with Crippen molar-refractivity contribution >= 4 is 21.7 Å². The third kappa shape index (κ3) is 4.45. The molecule has 1 aliphatic rings. The summed E-state index contributed by atoms with van der Waals surface area (Å²) in [7, 11) is 0. The van der Waals surface area contributed by atoms with E-state index in [-0.39, 0.29) is 5.75 Å². The van der Waals surface area contributed by atoms with Gasteiger partial charge in [0.05, 0.1) is 31.0 Å². The molecule has 5 aromatic rings. The van der Waals surface area contributed by atoms with E-state index in [9.17, 15) is 8.78 Å². The Hall–Kier alpha value is -3.89. The van der Waals surface area contributed by atoms with Crippen molar-refractivity contribution in [3.63, 3.8) is 0 Å². The second-order valence-corrected chi connectivity index (χ2v) is 8.43. The van der Waals surface area contributed by atoms with Crippen LogP contribution < -0.4 is 4.74 Å². The molecule has 8 nitrogen and oxygen atoms in total. The molecule has 0 atom stereocenters. The van der Waals surface area contributed by atoms with Crippen LogP contribution in [0, 0.1) is 0 Å². The van der Waals surface area contributed by atoms with Crippen molar-refractivity contribution in [2.75, 3.05) is 26.3 Å². The van der Waals surface area contributed by atoms with Gasteiger partial charge in [0.2, 0.25) is 0 Å². The van der Waals surface area contributed by atoms with Gasteiger partial charge in [0.25, 0.3) is 0 Å². The third-order valence-corrected chi connectivity index (χ3v) is 6.14. The van der Waals surface area contributed by atoms with Crippen LogP contribution in [0.4, 0.5) is 8.78 Å². The highest BCUT2D eigenvalue weighted by Crippen LogP contribution is 2.32. The van der Waals surface area contributed by atoms with Crippen LogP contribution in [0.15, 0.2) is 54.6 Å². The Morgan fingerprint density at radius 3 is 2.57 bits per heavy atom. The molecule has 0 bridgehead atoms. The van der Waals surface area contributed by atoms with E-state index in [2.05, 4.69) is 30.0 Å². The van der Waals surface area contributed by atoms with Crippen LogP contribution in [-0.2, 0) is 11.3 Å². The lowest BCUT2D eigenvalue weighted by molar-refractivity contribution is -0.0497. The number of alkyl halides is 2. The Labute approximate surface area is 198 Å². The minimum Gasteiger partial charge on any atom is -0.435 e. The normalized spacial score (nSPS) is 14.8. The number of benzene rings is 3. The topological polar surface area (TPSA) is 92.0 Å². The molecule has 0 unspecified atom stereocenters. The van der Waals surface area contributed by atoms with Gasteiger partial charge in [-0.05, 0) is 47.2 Å². The number of hydrogen-bond acceptors (Lipinski definition) is 6. The quantitative estimate of drug-likeness (QED) is 0.372. The molecule has 1 fully saturated rings.